The number of rotatable bonds is 3. The maximum atomic E-state index is 10.4. The standard InChI is InChI=1S/C15H24N2O2S/c18-13-1-6-17(7-2-13)14-3-5-16(10-15(14)19)9-12-4-8-20-11-12/h4,8,11,13-15,18-19H,1-3,5-7,9-10H2/t14-,15-/m1/s1. The average Bonchev–Trinajstić information content (AvgIpc) is 2.93. The fraction of sp³-hybridized carbons (Fsp3) is 0.733. The van der Waals surface area contributed by atoms with E-state index in [1.807, 2.05) is 0 Å². The normalized spacial score (nSPS) is 30.7. The summed E-state index contributed by atoms with van der Waals surface area (Å²) < 4.78 is 0. The molecule has 0 spiro atoms. The first-order valence-electron chi connectivity index (χ1n) is 7.56. The highest BCUT2D eigenvalue weighted by molar-refractivity contribution is 7.07. The Bertz CT molecular complexity index is 404. The lowest BCUT2D eigenvalue weighted by molar-refractivity contribution is -0.0355. The van der Waals surface area contributed by atoms with Crippen molar-refractivity contribution < 1.29 is 10.2 Å². The van der Waals surface area contributed by atoms with Gasteiger partial charge in [-0.05, 0) is 41.7 Å². The van der Waals surface area contributed by atoms with E-state index in [1.54, 1.807) is 11.3 Å². The molecule has 3 heterocycles. The molecule has 0 bridgehead atoms. The molecule has 2 aliphatic heterocycles. The van der Waals surface area contributed by atoms with E-state index >= 15 is 0 Å². The summed E-state index contributed by atoms with van der Waals surface area (Å²) in [6.07, 6.45) is 2.32. The lowest BCUT2D eigenvalue weighted by atomic mass is 9.96. The van der Waals surface area contributed by atoms with Crippen LogP contribution in [0, 0.1) is 0 Å². The second-order valence-electron chi connectivity index (χ2n) is 6.06. The fourth-order valence-corrected chi connectivity index (χ4v) is 4.07. The van der Waals surface area contributed by atoms with E-state index in [-0.39, 0.29) is 18.2 Å². The molecule has 2 atom stereocenters. The molecule has 112 valence electrons. The summed E-state index contributed by atoms with van der Waals surface area (Å²) in [5.74, 6) is 0. The molecule has 0 saturated carbocycles. The summed E-state index contributed by atoms with van der Waals surface area (Å²) in [6, 6.07) is 2.44. The molecule has 0 unspecified atom stereocenters. The van der Waals surface area contributed by atoms with Crippen molar-refractivity contribution >= 4 is 11.3 Å². The molecule has 5 heteroatoms. The van der Waals surface area contributed by atoms with E-state index in [1.165, 1.54) is 5.56 Å². The lowest BCUT2D eigenvalue weighted by Gasteiger charge is -2.43. The predicted octanol–water partition coefficient (Wildman–Crippen LogP) is 1.14. The van der Waals surface area contributed by atoms with Crippen LogP contribution in [-0.2, 0) is 6.54 Å². The highest BCUT2D eigenvalue weighted by Gasteiger charge is 2.33. The molecule has 0 aliphatic carbocycles. The number of thiophene rings is 1. The van der Waals surface area contributed by atoms with Crippen LogP contribution >= 0.6 is 11.3 Å². The molecular formula is C15H24N2O2S. The Morgan fingerprint density at radius 1 is 1.15 bits per heavy atom. The minimum absolute atomic E-state index is 0.137. The predicted molar refractivity (Wildman–Crippen MR) is 80.8 cm³/mol. The largest absolute Gasteiger partial charge is 0.393 e. The Balaban J connectivity index is 1.51. The van der Waals surface area contributed by atoms with Gasteiger partial charge in [0.1, 0.15) is 0 Å². The first kappa shape index (κ1) is 14.5. The van der Waals surface area contributed by atoms with E-state index in [0.717, 1.165) is 52.0 Å². The van der Waals surface area contributed by atoms with Gasteiger partial charge in [-0.2, -0.15) is 11.3 Å². The number of β-amino-alcohol motifs (C(OH)–C–C–N with tert-alkyl or cyclic N) is 1. The van der Waals surface area contributed by atoms with Crippen molar-refractivity contribution in [1.29, 1.82) is 0 Å². The topological polar surface area (TPSA) is 46.9 Å². The summed E-state index contributed by atoms with van der Waals surface area (Å²) in [6.45, 7) is 4.61. The van der Waals surface area contributed by atoms with Gasteiger partial charge >= 0.3 is 0 Å². The molecule has 2 fully saturated rings. The number of aliphatic hydroxyl groups excluding tert-OH is 2. The van der Waals surface area contributed by atoms with Gasteiger partial charge in [0.25, 0.3) is 0 Å². The Labute approximate surface area is 124 Å². The van der Waals surface area contributed by atoms with Crippen LogP contribution in [0.25, 0.3) is 0 Å². The van der Waals surface area contributed by atoms with Gasteiger partial charge in [-0.3, -0.25) is 9.80 Å². The Kier molecular flexibility index (Phi) is 4.73. The second kappa shape index (κ2) is 6.54. The molecule has 0 amide bonds. The monoisotopic (exact) mass is 296 g/mol. The van der Waals surface area contributed by atoms with E-state index in [9.17, 15) is 10.2 Å². The van der Waals surface area contributed by atoms with E-state index < -0.39 is 0 Å². The third kappa shape index (κ3) is 3.40. The van der Waals surface area contributed by atoms with Gasteiger partial charge in [0.15, 0.2) is 0 Å². The molecule has 0 radical (unpaired) electrons. The van der Waals surface area contributed by atoms with Gasteiger partial charge < -0.3 is 10.2 Å². The smallest absolute Gasteiger partial charge is 0.0822 e. The lowest BCUT2D eigenvalue weighted by Crippen LogP contribution is -2.55. The molecule has 0 aromatic carbocycles. The first-order valence-corrected chi connectivity index (χ1v) is 8.50. The summed E-state index contributed by atoms with van der Waals surface area (Å²) in [5.41, 5.74) is 1.35. The fourth-order valence-electron chi connectivity index (χ4n) is 3.41. The number of aliphatic hydroxyl groups is 2. The van der Waals surface area contributed by atoms with E-state index in [4.69, 9.17) is 0 Å². The summed E-state index contributed by atoms with van der Waals surface area (Å²) >= 11 is 1.73. The van der Waals surface area contributed by atoms with Crippen LogP contribution < -0.4 is 0 Å². The van der Waals surface area contributed by atoms with Crippen LogP contribution in [0.4, 0.5) is 0 Å². The minimum Gasteiger partial charge on any atom is -0.393 e. The number of hydrogen-bond acceptors (Lipinski definition) is 5. The number of piperidine rings is 2. The minimum atomic E-state index is -0.266. The van der Waals surface area contributed by atoms with Crippen molar-refractivity contribution in [1.82, 2.24) is 9.80 Å². The van der Waals surface area contributed by atoms with E-state index in [0.29, 0.717) is 0 Å². The molecule has 2 N–H and O–H groups in total. The maximum absolute atomic E-state index is 10.4. The number of likely N-dealkylation sites (tertiary alicyclic amines) is 2. The summed E-state index contributed by atoms with van der Waals surface area (Å²) in [5, 5.41) is 24.3. The van der Waals surface area contributed by atoms with Crippen LogP contribution in [0.1, 0.15) is 24.8 Å². The first-order chi connectivity index (χ1) is 9.72. The van der Waals surface area contributed by atoms with Crippen molar-refractivity contribution in [2.45, 2.75) is 44.1 Å². The van der Waals surface area contributed by atoms with Gasteiger partial charge in [-0.1, -0.05) is 0 Å². The maximum Gasteiger partial charge on any atom is 0.0822 e. The zero-order valence-corrected chi connectivity index (χ0v) is 12.6. The molecule has 1 aromatic heterocycles. The van der Waals surface area contributed by atoms with Crippen LogP contribution in [0.15, 0.2) is 16.8 Å². The molecule has 1 aromatic rings. The average molecular weight is 296 g/mol. The summed E-state index contributed by atoms with van der Waals surface area (Å²) in [4.78, 5) is 4.72. The SMILES string of the molecule is OC1CCN([C@@H]2CCN(Cc3ccsc3)C[C@H]2O)CC1. The molecule has 20 heavy (non-hydrogen) atoms. The Morgan fingerprint density at radius 3 is 2.60 bits per heavy atom. The third-order valence-electron chi connectivity index (χ3n) is 4.58. The van der Waals surface area contributed by atoms with E-state index in [2.05, 4.69) is 26.6 Å². The van der Waals surface area contributed by atoms with Crippen LogP contribution in [0.5, 0.6) is 0 Å². The van der Waals surface area contributed by atoms with Gasteiger partial charge in [-0.25, -0.2) is 0 Å². The second-order valence-corrected chi connectivity index (χ2v) is 6.84. The third-order valence-corrected chi connectivity index (χ3v) is 5.32. The van der Waals surface area contributed by atoms with Crippen molar-refractivity contribution in [3.63, 3.8) is 0 Å². The van der Waals surface area contributed by atoms with Gasteiger partial charge in [0.05, 0.1) is 12.2 Å². The summed E-state index contributed by atoms with van der Waals surface area (Å²) in [7, 11) is 0. The highest BCUT2D eigenvalue weighted by atomic mass is 32.1. The van der Waals surface area contributed by atoms with Crippen molar-refractivity contribution in [2.24, 2.45) is 0 Å². The molecule has 2 saturated heterocycles. The molecular weight excluding hydrogens is 272 g/mol. The molecule has 2 aliphatic rings. The highest BCUT2D eigenvalue weighted by Crippen LogP contribution is 2.23. The Hall–Kier alpha value is -0.460. The van der Waals surface area contributed by atoms with Gasteiger partial charge in [0.2, 0.25) is 0 Å². The van der Waals surface area contributed by atoms with Crippen LogP contribution in [-0.4, -0.2) is 64.4 Å². The van der Waals surface area contributed by atoms with Crippen molar-refractivity contribution in [3.05, 3.63) is 22.4 Å². The van der Waals surface area contributed by atoms with Crippen molar-refractivity contribution in [2.75, 3.05) is 26.2 Å². The Morgan fingerprint density at radius 2 is 1.95 bits per heavy atom. The van der Waals surface area contributed by atoms with Crippen LogP contribution in [0.2, 0.25) is 0 Å². The van der Waals surface area contributed by atoms with Gasteiger partial charge in [0, 0.05) is 38.8 Å². The van der Waals surface area contributed by atoms with Crippen molar-refractivity contribution in [3.8, 4) is 0 Å². The quantitative estimate of drug-likeness (QED) is 0.878. The van der Waals surface area contributed by atoms with Crippen LogP contribution in [0.3, 0.4) is 0 Å². The number of nitrogens with zero attached hydrogens (tertiary/aromatic N) is 2. The molecule has 3 rings (SSSR count). The zero-order chi connectivity index (χ0) is 13.9. The zero-order valence-electron chi connectivity index (χ0n) is 11.8. The molecule has 4 nitrogen and oxygen atoms in total. The number of hydrogen-bond donors (Lipinski definition) is 2. The van der Waals surface area contributed by atoms with Gasteiger partial charge in [-0.15, -0.1) is 0 Å².